The highest BCUT2D eigenvalue weighted by atomic mass is 35.5. The van der Waals surface area contributed by atoms with Crippen LogP contribution in [0.4, 0.5) is 0 Å². The summed E-state index contributed by atoms with van der Waals surface area (Å²) in [6.07, 6.45) is 3.98. The number of carbonyl (C=O) groups is 1. The van der Waals surface area contributed by atoms with Crippen molar-refractivity contribution in [2.75, 3.05) is 0 Å². The summed E-state index contributed by atoms with van der Waals surface area (Å²) in [6, 6.07) is 15.2. The van der Waals surface area contributed by atoms with Gasteiger partial charge in [-0.3, -0.25) is 14.9 Å². The van der Waals surface area contributed by atoms with Crippen LogP contribution in [0.25, 0.3) is 21.8 Å². The van der Waals surface area contributed by atoms with Crippen LogP contribution >= 0.6 is 11.6 Å². The van der Waals surface area contributed by atoms with E-state index in [2.05, 4.69) is 42.6 Å². The molecular weight excluding hydrogens is 424 g/mol. The number of aromatic nitrogens is 5. The van der Waals surface area contributed by atoms with Crippen molar-refractivity contribution in [1.29, 1.82) is 0 Å². The predicted molar refractivity (Wildman–Crippen MR) is 124 cm³/mol. The molecule has 0 bridgehead atoms. The molecule has 0 aliphatic rings. The molecule has 2 N–H and O–H groups in total. The van der Waals surface area contributed by atoms with Gasteiger partial charge < -0.3 is 5.32 Å². The number of pyridine rings is 1. The smallest absolute Gasteiger partial charge is 0.270 e. The van der Waals surface area contributed by atoms with Gasteiger partial charge in [0.15, 0.2) is 0 Å². The average molecular weight is 443 g/mol. The van der Waals surface area contributed by atoms with E-state index >= 15 is 0 Å². The molecule has 0 fully saturated rings. The number of aryl methyl sites for hydroxylation is 1. The number of fused-ring (bicyclic) bond motifs is 2. The Morgan fingerprint density at radius 2 is 1.94 bits per heavy atom. The second-order valence-electron chi connectivity index (χ2n) is 7.62. The molecule has 7 nitrogen and oxygen atoms in total. The van der Waals surface area contributed by atoms with Crippen molar-refractivity contribution in [3.05, 3.63) is 94.3 Å². The second-order valence-corrected chi connectivity index (χ2v) is 8.06. The number of halogens is 1. The molecule has 5 rings (SSSR count). The monoisotopic (exact) mass is 442 g/mol. The molecule has 0 saturated heterocycles. The number of amides is 1. The Labute approximate surface area is 188 Å². The molecule has 0 radical (unpaired) electrons. The molecular formula is C24H19ClN6O. The summed E-state index contributed by atoms with van der Waals surface area (Å²) in [4.78, 5) is 25.9. The highest BCUT2D eigenvalue weighted by Crippen LogP contribution is 2.21. The van der Waals surface area contributed by atoms with E-state index in [1.165, 1.54) is 0 Å². The standard InChI is InChI=1S/C24H19ClN6O/c1-14-8-16-9-15(2-4-19(16)27-12-14)10-23-26-7-6-21(29-23)24(32)28-13-22-18-11-17(25)3-5-20(18)30-31-22/h2-9,11-12H,10,13H2,1H3,(H,28,32)(H,30,31). The molecule has 2 aromatic carbocycles. The molecule has 8 heteroatoms. The molecule has 1 amide bonds. The molecule has 32 heavy (non-hydrogen) atoms. The van der Waals surface area contributed by atoms with Gasteiger partial charge in [0.25, 0.3) is 5.91 Å². The molecule has 158 valence electrons. The number of aromatic amines is 1. The predicted octanol–water partition coefficient (Wildman–Crippen LogP) is 4.38. The van der Waals surface area contributed by atoms with E-state index in [4.69, 9.17) is 11.6 Å². The first-order valence-electron chi connectivity index (χ1n) is 10.1. The lowest BCUT2D eigenvalue weighted by molar-refractivity contribution is 0.0945. The fourth-order valence-corrected chi connectivity index (χ4v) is 3.80. The van der Waals surface area contributed by atoms with Gasteiger partial charge in [0.1, 0.15) is 11.5 Å². The minimum absolute atomic E-state index is 0.281. The average Bonchev–Trinajstić information content (AvgIpc) is 3.19. The quantitative estimate of drug-likeness (QED) is 0.421. The first-order valence-corrected chi connectivity index (χ1v) is 10.5. The summed E-state index contributed by atoms with van der Waals surface area (Å²) in [7, 11) is 0. The van der Waals surface area contributed by atoms with Crippen LogP contribution in [0.3, 0.4) is 0 Å². The molecule has 0 atom stereocenters. The molecule has 0 saturated carbocycles. The molecule has 5 aromatic rings. The Bertz CT molecular complexity index is 1460. The summed E-state index contributed by atoms with van der Waals surface area (Å²) in [5.74, 6) is 0.299. The third-order valence-electron chi connectivity index (χ3n) is 5.20. The number of nitrogens with zero attached hydrogens (tertiary/aromatic N) is 4. The maximum Gasteiger partial charge on any atom is 0.270 e. The van der Waals surface area contributed by atoms with Gasteiger partial charge in [-0.1, -0.05) is 17.7 Å². The summed E-state index contributed by atoms with van der Waals surface area (Å²) in [6.45, 7) is 2.30. The van der Waals surface area contributed by atoms with E-state index in [1.54, 1.807) is 18.3 Å². The Kier molecular flexibility index (Phi) is 5.25. The lowest BCUT2D eigenvalue weighted by Crippen LogP contribution is -2.24. The third kappa shape index (κ3) is 4.15. The SMILES string of the molecule is Cc1cnc2ccc(Cc3nccc(C(=O)NCc4[nH]nc5ccc(Cl)cc45)n3)cc2c1. The van der Waals surface area contributed by atoms with Gasteiger partial charge in [0, 0.05) is 34.6 Å². The summed E-state index contributed by atoms with van der Waals surface area (Å²) >= 11 is 6.08. The molecule has 3 heterocycles. The van der Waals surface area contributed by atoms with Crippen LogP contribution in [0, 0.1) is 6.92 Å². The highest BCUT2D eigenvalue weighted by molar-refractivity contribution is 6.31. The van der Waals surface area contributed by atoms with Gasteiger partial charge >= 0.3 is 0 Å². The van der Waals surface area contributed by atoms with Crippen molar-refractivity contribution in [3.63, 3.8) is 0 Å². The lowest BCUT2D eigenvalue weighted by Gasteiger charge is -2.07. The van der Waals surface area contributed by atoms with Gasteiger partial charge in [-0.2, -0.15) is 5.10 Å². The number of hydrogen-bond donors (Lipinski definition) is 2. The van der Waals surface area contributed by atoms with E-state index < -0.39 is 0 Å². The lowest BCUT2D eigenvalue weighted by atomic mass is 10.1. The fraction of sp³-hybridized carbons (Fsp3) is 0.125. The minimum atomic E-state index is -0.281. The van der Waals surface area contributed by atoms with Crippen molar-refractivity contribution in [2.24, 2.45) is 0 Å². The van der Waals surface area contributed by atoms with Gasteiger partial charge in [-0.15, -0.1) is 0 Å². The number of carbonyl (C=O) groups excluding carboxylic acids is 1. The normalized spacial score (nSPS) is 11.2. The van der Waals surface area contributed by atoms with Crippen LogP contribution in [-0.4, -0.2) is 31.1 Å². The van der Waals surface area contributed by atoms with Gasteiger partial charge in [-0.05, 0) is 60.5 Å². The van der Waals surface area contributed by atoms with E-state index in [9.17, 15) is 4.79 Å². The van der Waals surface area contributed by atoms with E-state index in [-0.39, 0.29) is 12.5 Å². The van der Waals surface area contributed by atoms with Crippen molar-refractivity contribution < 1.29 is 4.79 Å². The van der Waals surface area contributed by atoms with Gasteiger partial charge in [-0.25, -0.2) is 9.97 Å². The Morgan fingerprint density at radius 3 is 2.84 bits per heavy atom. The first-order chi connectivity index (χ1) is 15.5. The second kappa shape index (κ2) is 8.36. The van der Waals surface area contributed by atoms with Crippen LogP contribution in [0.15, 0.2) is 60.9 Å². The number of nitrogens with one attached hydrogen (secondary N) is 2. The van der Waals surface area contributed by atoms with Gasteiger partial charge in [0.05, 0.1) is 23.3 Å². The number of benzene rings is 2. The third-order valence-corrected chi connectivity index (χ3v) is 5.44. The number of H-pyrrole nitrogens is 1. The molecule has 0 aliphatic carbocycles. The zero-order valence-corrected chi connectivity index (χ0v) is 18.0. The van der Waals surface area contributed by atoms with Crippen LogP contribution in [0.1, 0.15) is 33.1 Å². The Morgan fingerprint density at radius 1 is 1.06 bits per heavy atom. The van der Waals surface area contributed by atoms with E-state index in [1.807, 2.05) is 37.4 Å². The molecule has 0 spiro atoms. The highest BCUT2D eigenvalue weighted by Gasteiger charge is 2.12. The van der Waals surface area contributed by atoms with E-state index in [0.717, 1.165) is 38.6 Å². The zero-order chi connectivity index (χ0) is 22.1. The number of hydrogen-bond acceptors (Lipinski definition) is 5. The maximum atomic E-state index is 12.7. The van der Waals surface area contributed by atoms with Crippen molar-refractivity contribution in [2.45, 2.75) is 19.9 Å². The largest absolute Gasteiger partial charge is 0.345 e. The molecule has 3 aromatic heterocycles. The van der Waals surface area contributed by atoms with Crippen LogP contribution < -0.4 is 5.32 Å². The van der Waals surface area contributed by atoms with Crippen molar-refractivity contribution in [3.8, 4) is 0 Å². The minimum Gasteiger partial charge on any atom is -0.345 e. The van der Waals surface area contributed by atoms with Crippen LogP contribution in [-0.2, 0) is 13.0 Å². The van der Waals surface area contributed by atoms with Crippen LogP contribution in [0.2, 0.25) is 5.02 Å². The first kappa shape index (κ1) is 20.1. The number of rotatable bonds is 5. The Balaban J connectivity index is 1.31. The summed E-state index contributed by atoms with van der Waals surface area (Å²) in [5, 5.41) is 12.6. The van der Waals surface area contributed by atoms with Crippen LogP contribution in [0.5, 0.6) is 0 Å². The van der Waals surface area contributed by atoms with E-state index in [0.29, 0.717) is 23.0 Å². The fourth-order valence-electron chi connectivity index (χ4n) is 3.62. The molecule has 0 aliphatic heterocycles. The van der Waals surface area contributed by atoms with Crippen molar-refractivity contribution in [1.82, 2.24) is 30.5 Å². The molecule has 0 unspecified atom stereocenters. The Hall–Kier alpha value is -3.84. The topological polar surface area (TPSA) is 96.5 Å². The van der Waals surface area contributed by atoms with Gasteiger partial charge in [0.2, 0.25) is 0 Å². The maximum absolute atomic E-state index is 12.7. The van der Waals surface area contributed by atoms with Crippen molar-refractivity contribution >= 4 is 39.3 Å². The zero-order valence-electron chi connectivity index (χ0n) is 17.3. The summed E-state index contributed by atoms with van der Waals surface area (Å²) < 4.78 is 0. The summed E-state index contributed by atoms with van der Waals surface area (Å²) in [5.41, 5.74) is 5.00.